The fourth-order valence-electron chi connectivity index (χ4n) is 1.65. The number of rotatable bonds is 2. The van der Waals surface area contributed by atoms with Crippen LogP contribution in [0.3, 0.4) is 0 Å². The minimum atomic E-state index is 0.00164. The molecule has 18 heavy (non-hydrogen) atoms. The molecule has 3 N–H and O–H groups in total. The predicted octanol–water partition coefficient (Wildman–Crippen LogP) is 1.74. The smallest absolute Gasteiger partial charge is 0.173 e. The molecule has 0 amide bonds. The van der Waals surface area contributed by atoms with Crippen LogP contribution >= 0.6 is 15.9 Å². The van der Waals surface area contributed by atoms with E-state index >= 15 is 0 Å². The molecule has 6 nitrogen and oxygen atoms in total. The molecular formula is C11H12BrN5O. The van der Waals surface area contributed by atoms with E-state index in [1.54, 1.807) is 23.0 Å². The first kappa shape index (κ1) is 12.6. The van der Waals surface area contributed by atoms with E-state index in [0.29, 0.717) is 11.4 Å². The molecule has 0 aliphatic heterocycles. The highest BCUT2D eigenvalue weighted by Gasteiger charge is 2.16. The third-order valence-electron chi connectivity index (χ3n) is 2.57. The average molecular weight is 310 g/mol. The molecule has 0 saturated carbocycles. The van der Waals surface area contributed by atoms with Gasteiger partial charge in [0.25, 0.3) is 0 Å². The summed E-state index contributed by atoms with van der Waals surface area (Å²) in [5.41, 5.74) is 7.91. The van der Waals surface area contributed by atoms with Crippen molar-refractivity contribution in [2.24, 2.45) is 10.9 Å². The quantitative estimate of drug-likeness (QED) is 0.383. The molecule has 2 rings (SSSR count). The fraction of sp³-hybridized carbons (Fsp3) is 0.182. The first-order valence-electron chi connectivity index (χ1n) is 5.21. The van der Waals surface area contributed by atoms with E-state index in [1.807, 2.05) is 13.8 Å². The van der Waals surface area contributed by atoms with E-state index in [9.17, 15) is 0 Å². The standard InChI is InChI=1S/C11H12BrN5O/c1-6-9(12)7(2)17(15-6)11-8(10(13)16-18)4-3-5-14-11/h3-5,18H,1-2H3,(H2,13,16). The van der Waals surface area contributed by atoms with E-state index in [-0.39, 0.29) is 5.84 Å². The Kier molecular flexibility index (Phi) is 3.33. The summed E-state index contributed by atoms with van der Waals surface area (Å²) >= 11 is 3.45. The molecule has 0 aromatic carbocycles. The van der Waals surface area contributed by atoms with Gasteiger partial charge in [-0.2, -0.15) is 5.10 Å². The van der Waals surface area contributed by atoms with Crippen LogP contribution in [0.2, 0.25) is 0 Å². The Morgan fingerprint density at radius 1 is 1.50 bits per heavy atom. The third kappa shape index (κ3) is 1.97. The molecule has 2 heterocycles. The van der Waals surface area contributed by atoms with Gasteiger partial charge in [-0.15, -0.1) is 0 Å². The van der Waals surface area contributed by atoms with Gasteiger partial charge in [0.15, 0.2) is 11.7 Å². The second kappa shape index (κ2) is 4.77. The van der Waals surface area contributed by atoms with Crippen molar-refractivity contribution >= 4 is 21.8 Å². The Balaban J connectivity index is 2.68. The maximum atomic E-state index is 8.78. The maximum Gasteiger partial charge on any atom is 0.173 e. The Labute approximate surface area is 112 Å². The fourth-order valence-corrected chi connectivity index (χ4v) is 1.90. The summed E-state index contributed by atoms with van der Waals surface area (Å²) in [4.78, 5) is 4.24. The second-order valence-corrected chi connectivity index (χ2v) is 4.55. The third-order valence-corrected chi connectivity index (χ3v) is 3.72. The summed E-state index contributed by atoms with van der Waals surface area (Å²) in [5, 5.41) is 16.2. The van der Waals surface area contributed by atoms with Crippen LogP contribution < -0.4 is 5.73 Å². The van der Waals surface area contributed by atoms with Gasteiger partial charge in [0.2, 0.25) is 0 Å². The summed E-state index contributed by atoms with van der Waals surface area (Å²) in [6, 6.07) is 3.44. The first-order chi connectivity index (χ1) is 8.56. The van der Waals surface area contributed by atoms with Crippen LogP contribution in [-0.2, 0) is 0 Å². The highest BCUT2D eigenvalue weighted by Crippen LogP contribution is 2.23. The van der Waals surface area contributed by atoms with Crippen molar-refractivity contribution in [3.63, 3.8) is 0 Å². The lowest BCUT2D eigenvalue weighted by Gasteiger charge is -2.08. The minimum absolute atomic E-state index is 0.00164. The predicted molar refractivity (Wildman–Crippen MR) is 71.0 cm³/mol. The monoisotopic (exact) mass is 309 g/mol. The summed E-state index contributed by atoms with van der Waals surface area (Å²) in [5.74, 6) is 0.529. The van der Waals surface area contributed by atoms with Gasteiger partial charge < -0.3 is 10.9 Å². The van der Waals surface area contributed by atoms with Crippen LogP contribution in [0.15, 0.2) is 28.0 Å². The molecule has 0 fully saturated rings. The number of aryl methyl sites for hydroxylation is 1. The molecule has 0 aliphatic carbocycles. The molecule has 0 saturated heterocycles. The topological polar surface area (TPSA) is 89.3 Å². The van der Waals surface area contributed by atoms with E-state index < -0.39 is 0 Å². The molecule has 7 heteroatoms. The number of nitrogens with two attached hydrogens (primary N) is 1. The van der Waals surface area contributed by atoms with Crippen molar-refractivity contribution in [2.45, 2.75) is 13.8 Å². The Morgan fingerprint density at radius 3 is 2.78 bits per heavy atom. The number of oxime groups is 1. The molecule has 0 spiro atoms. The van der Waals surface area contributed by atoms with Gasteiger partial charge in [0.05, 0.1) is 21.4 Å². The van der Waals surface area contributed by atoms with Crippen LogP contribution in [0, 0.1) is 13.8 Å². The van der Waals surface area contributed by atoms with Crippen LogP contribution in [0.25, 0.3) is 5.82 Å². The maximum absolute atomic E-state index is 8.78. The number of pyridine rings is 1. The zero-order valence-corrected chi connectivity index (χ0v) is 11.5. The van der Waals surface area contributed by atoms with Crippen LogP contribution in [0.4, 0.5) is 0 Å². The zero-order valence-electron chi connectivity index (χ0n) is 9.92. The number of hydrogen-bond acceptors (Lipinski definition) is 4. The molecule has 2 aromatic rings. The largest absolute Gasteiger partial charge is 0.409 e. The lowest BCUT2D eigenvalue weighted by atomic mass is 10.2. The molecule has 94 valence electrons. The summed E-state index contributed by atoms with van der Waals surface area (Å²) < 4.78 is 2.57. The number of aromatic nitrogens is 3. The van der Waals surface area contributed by atoms with Gasteiger partial charge in [0.1, 0.15) is 0 Å². The van der Waals surface area contributed by atoms with Crippen molar-refractivity contribution < 1.29 is 5.21 Å². The van der Waals surface area contributed by atoms with E-state index in [0.717, 1.165) is 15.9 Å². The van der Waals surface area contributed by atoms with Crippen LogP contribution in [0.5, 0.6) is 0 Å². The van der Waals surface area contributed by atoms with Crippen molar-refractivity contribution in [3.8, 4) is 5.82 Å². The van der Waals surface area contributed by atoms with E-state index in [2.05, 4.69) is 31.2 Å². The number of hydrogen-bond donors (Lipinski definition) is 2. The van der Waals surface area contributed by atoms with Crippen LogP contribution in [0.1, 0.15) is 17.0 Å². The lowest BCUT2D eigenvalue weighted by molar-refractivity contribution is 0.318. The number of halogens is 1. The van der Waals surface area contributed by atoms with Crippen molar-refractivity contribution in [1.29, 1.82) is 0 Å². The van der Waals surface area contributed by atoms with Gasteiger partial charge >= 0.3 is 0 Å². The highest BCUT2D eigenvalue weighted by molar-refractivity contribution is 9.10. The molecule has 0 atom stereocenters. The van der Waals surface area contributed by atoms with E-state index in [1.165, 1.54) is 0 Å². The molecule has 0 aliphatic rings. The molecule has 0 bridgehead atoms. The Bertz CT molecular complexity index is 620. The van der Waals surface area contributed by atoms with Crippen molar-refractivity contribution in [3.05, 3.63) is 39.8 Å². The van der Waals surface area contributed by atoms with Crippen molar-refractivity contribution in [1.82, 2.24) is 14.8 Å². The lowest BCUT2D eigenvalue weighted by Crippen LogP contribution is -2.18. The van der Waals surface area contributed by atoms with E-state index in [4.69, 9.17) is 10.9 Å². The first-order valence-corrected chi connectivity index (χ1v) is 6.00. The molecule has 0 radical (unpaired) electrons. The Hall–Kier alpha value is -1.89. The SMILES string of the molecule is Cc1nn(-c2ncccc2C(N)=NO)c(C)c1Br. The molecule has 2 aromatic heterocycles. The van der Waals surface area contributed by atoms with Gasteiger partial charge in [-0.25, -0.2) is 9.67 Å². The highest BCUT2D eigenvalue weighted by atomic mass is 79.9. The number of amidine groups is 1. The van der Waals surface area contributed by atoms with Gasteiger partial charge in [-0.1, -0.05) is 5.16 Å². The Morgan fingerprint density at radius 2 is 2.22 bits per heavy atom. The normalized spacial score (nSPS) is 11.8. The van der Waals surface area contributed by atoms with Crippen molar-refractivity contribution in [2.75, 3.05) is 0 Å². The average Bonchev–Trinajstić information content (AvgIpc) is 2.65. The number of nitrogens with zero attached hydrogens (tertiary/aromatic N) is 4. The van der Waals surface area contributed by atoms with Crippen LogP contribution in [-0.4, -0.2) is 25.8 Å². The molecular weight excluding hydrogens is 298 g/mol. The van der Waals surface area contributed by atoms with Gasteiger partial charge in [-0.3, -0.25) is 0 Å². The summed E-state index contributed by atoms with van der Waals surface area (Å²) in [6.45, 7) is 3.80. The summed E-state index contributed by atoms with van der Waals surface area (Å²) in [6.07, 6.45) is 1.63. The van der Waals surface area contributed by atoms with Gasteiger partial charge in [-0.05, 0) is 41.9 Å². The summed E-state index contributed by atoms with van der Waals surface area (Å²) in [7, 11) is 0. The van der Waals surface area contributed by atoms with Gasteiger partial charge in [0, 0.05) is 6.20 Å². The second-order valence-electron chi connectivity index (χ2n) is 3.76. The zero-order chi connectivity index (χ0) is 13.3. The minimum Gasteiger partial charge on any atom is -0.409 e. The molecule has 0 unspecified atom stereocenters.